The van der Waals surface area contributed by atoms with Gasteiger partial charge in [0.15, 0.2) is 0 Å². The molecule has 3 nitrogen and oxygen atoms in total. The smallest absolute Gasteiger partial charge is 0.0492 e. The fourth-order valence-corrected chi connectivity index (χ4v) is 2.18. The molecule has 0 saturated heterocycles. The van der Waals surface area contributed by atoms with Gasteiger partial charge in [0.1, 0.15) is 0 Å². The van der Waals surface area contributed by atoms with Gasteiger partial charge < -0.3 is 5.32 Å². The number of aromatic nitrogens is 2. The van der Waals surface area contributed by atoms with E-state index in [1.165, 1.54) is 5.69 Å². The van der Waals surface area contributed by atoms with E-state index in [1.54, 1.807) is 0 Å². The second kappa shape index (κ2) is 6.92. The topological polar surface area (TPSA) is 29.9 Å². The largest absolute Gasteiger partial charge is 0.315 e. The number of halogens is 1. The highest BCUT2D eigenvalue weighted by Gasteiger charge is 2.06. The molecule has 0 fully saturated rings. The number of hydrogen-bond donors (Lipinski definition) is 1. The van der Waals surface area contributed by atoms with Gasteiger partial charge in [-0.05, 0) is 18.4 Å². The zero-order valence-corrected chi connectivity index (χ0v) is 11.2. The van der Waals surface area contributed by atoms with Crippen LogP contribution in [0.15, 0.2) is 12.3 Å². The summed E-state index contributed by atoms with van der Waals surface area (Å²) < 4.78 is 1.91. The van der Waals surface area contributed by atoms with Gasteiger partial charge in [0.25, 0.3) is 0 Å². The average Bonchev–Trinajstić information content (AvgIpc) is 2.58. The molecule has 0 aromatic carbocycles. The minimum absolute atomic E-state index is 0.242. The van der Waals surface area contributed by atoms with E-state index in [9.17, 15) is 0 Å². The minimum atomic E-state index is 0.242. The van der Waals surface area contributed by atoms with Crippen LogP contribution in [0.3, 0.4) is 0 Å². The molecular formula is C12H22ClN3. The van der Waals surface area contributed by atoms with Crippen molar-refractivity contribution in [3.8, 4) is 0 Å². The third-order valence-electron chi connectivity index (χ3n) is 2.57. The molecule has 0 amide bonds. The van der Waals surface area contributed by atoms with E-state index in [1.807, 2.05) is 24.0 Å². The highest BCUT2D eigenvalue weighted by atomic mass is 35.5. The molecule has 1 unspecified atom stereocenters. The van der Waals surface area contributed by atoms with E-state index in [0.717, 1.165) is 25.9 Å². The fraction of sp³-hybridized carbons (Fsp3) is 0.750. The Balaban J connectivity index is 2.10. The number of nitrogens with one attached hydrogen (secondary N) is 1. The van der Waals surface area contributed by atoms with Crippen molar-refractivity contribution < 1.29 is 0 Å². The molecular weight excluding hydrogens is 222 g/mol. The van der Waals surface area contributed by atoms with E-state index in [0.29, 0.717) is 5.92 Å². The predicted octanol–water partition coefficient (Wildman–Crippen LogP) is 2.21. The van der Waals surface area contributed by atoms with Crippen LogP contribution in [0.25, 0.3) is 0 Å². The van der Waals surface area contributed by atoms with Crippen LogP contribution in [0.1, 0.15) is 26.0 Å². The SMILES string of the molecule is CC(C)CC(Cl)CNCCc1ccnn1C. The summed E-state index contributed by atoms with van der Waals surface area (Å²) in [7, 11) is 1.97. The summed E-state index contributed by atoms with van der Waals surface area (Å²) in [6.07, 6.45) is 3.90. The van der Waals surface area contributed by atoms with Gasteiger partial charge in [-0.25, -0.2) is 0 Å². The maximum absolute atomic E-state index is 6.19. The molecule has 1 N–H and O–H groups in total. The van der Waals surface area contributed by atoms with E-state index in [4.69, 9.17) is 11.6 Å². The second-order valence-corrected chi connectivity index (χ2v) is 5.24. The van der Waals surface area contributed by atoms with Crippen molar-refractivity contribution in [3.63, 3.8) is 0 Å². The van der Waals surface area contributed by atoms with Gasteiger partial charge in [-0.2, -0.15) is 5.10 Å². The highest BCUT2D eigenvalue weighted by molar-refractivity contribution is 6.20. The molecule has 0 radical (unpaired) electrons. The molecule has 0 spiro atoms. The maximum Gasteiger partial charge on any atom is 0.0492 e. The molecule has 0 aliphatic heterocycles. The molecule has 92 valence electrons. The molecule has 1 aromatic rings. The normalized spacial score (nSPS) is 13.3. The Kier molecular flexibility index (Phi) is 5.85. The van der Waals surface area contributed by atoms with Crippen LogP contribution in [0.4, 0.5) is 0 Å². The zero-order valence-electron chi connectivity index (χ0n) is 10.4. The van der Waals surface area contributed by atoms with Crippen LogP contribution in [0.2, 0.25) is 0 Å². The zero-order chi connectivity index (χ0) is 12.0. The Bertz CT molecular complexity index is 296. The number of aryl methyl sites for hydroxylation is 1. The average molecular weight is 244 g/mol. The molecule has 1 aromatic heterocycles. The lowest BCUT2D eigenvalue weighted by atomic mass is 10.1. The van der Waals surface area contributed by atoms with Crippen molar-refractivity contribution in [2.45, 2.75) is 32.1 Å². The first kappa shape index (κ1) is 13.5. The lowest BCUT2D eigenvalue weighted by Crippen LogP contribution is -2.26. The van der Waals surface area contributed by atoms with E-state index in [2.05, 4.69) is 24.3 Å². The monoisotopic (exact) mass is 243 g/mol. The summed E-state index contributed by atoms with van der Waals surface area (Å²) >= 11 is 6.19. The standard InChI is InChI=1S/C12H22ClN3/c1-10(2)8-11(13)9-14-6-4-12-5-7-15-16(12)3/h5,7,10-11,14H,4,6,8-9H2,1-3H3. The Morgan fingerprint density at radius 1 is 1.50 bits per heavy atom. The number of alkyl halides is 1. The van der Waals surface area contributed by atoms with Crippen LogP contribution in [0, 0.1) is 5.92 Å². The molecule has 1 atom stereocenters. The van der Waals surface area contributed by atoms with Crippen molar-refractivity contribution in [2.75, 3.05) is 13.1 Å². The van der Waals surface area contributed by atoms with Gasteiger partial charge in [0, 0.05) is 43.8 Å². The first-order valence-corrected chi connectivity index (χ1v) is 6.35. The molecule has 1 heterocycles. The molecule has 16 heavy (non-hydrogen) atoms. The molecule has 0 bridgehead atoms. The van der Waals surface area contributed by atoms with Crippen LogP contribution < -0.4 is 5.32 Å². The van der Waals surface area contributed by atoms with Crippen LogP contribution >= 0.6 is 11.6 Å². The summed E-state index contributed by atoms with van der Waals surface area (Å²) in [6.45, 7) is 6.24. The summed E-state index contributed by atoms with van der Waals surface area (Å²) in [6, 6.07) is 2.05. The predicted molar refractivity (Wildman–Crippen MR) is 68.9 cm³/mol. The number of nitrogens with zero attached hydrogens (tertiary/aromatic N) is 2. The maximum atomic E-state index is 6.19. The lowest BCUT2D eigenvalue weighted by Gasteiger charge is -2.12. The quantitative estimate of drug-likeness (QED) is 0.588. The number of rotatable bonds is 7. The third kappa shape index (κ3) is 4.99. The van der Waals surface area contributed by atoms with Gasteiger partial charge in [0.2, 0.25) is 0 Å². The van der Waals surface area contributed by atoms with Crippen molar-refractivity contribution in [3.05, 3.63) is 18.0 Å². The van der Waals surface area contributed by atoms with Gasteiger partial charge in [-0.3, -0.25) is 4.68 Å². The van der Waals surface area contributed by atoms with Crippen molar-refractivity contribution in [2.24, 2.45) is 13.0 Å². The van der Waals surface area contributed by atoms with Gasteiger partial charge in [-0.15, -0.1) is 11.6 Å². The number of hydrogen-bond acceptors (Lipinski definition) is 2. The summed E-state index contributed by atoms with van der Waals surface area (Å²) in [5.74, 6) is 0.668. The first-order chi connectivity index (χ1) is 7.59. The van der Waals surface area contributed by atoms with E-state index < -0.39 is 0 Å². The Morgan fingerprint density at radius 2 is 2.25 bits per heavy atom. The van der Waals surface area contributed by atoms with Crippen LogP contribution in [0.5, 0.6) is 0 Å². The van der Waals surface area contributed by atoms with Crippen molar-refractivity contribution in [1.82, 2.24) is 15.1 Å². The molecule has 0 aliphatic rings. The molecule has 0 saturated carbocycles. The van der Waals surface area contributed by atoms with E-state index >= 15 is 0 Å². The first-order valence-electron chi connectivity index (χ1n) is 5.91. The van der Waals surface area contributed by atoms with Crippen molar-refractivity contribution in [1.29, 1.82) is 0 Å². The summed E-state index contributed by atoms with van der Waals surface area (Å²) in [5.41, 5.74) is 1.25. The molecule has 0 aliphatic carbocycles. The van der Waals surface area contributed by atoms with Gasteiger partial charge in [0.05, 0.1) is 0 Å². The Morgan fingerprint density at radius 3 is 2.81 bits per heavy atom. The summed E-state index contributed by atoms with van der Waals surface area (Å²) in [4.78, 5) is 0. The fourth-order valence-electron chi connectivity index (χ4n) is 1.72. The Labute approximate surface area is 103 Å². The van der Waals surface area contributed by atoms with Crippen molar-refractivity contribution >= 4 is 11.6 Å². The molecule has 1 rings (SSSR count). The Hall–Kier alpha value is -0.540. The summed E-state index contributed by atoms with van der Waals surface area (Å²) in [5, 5.41) is 7.76. The van der Waals surface area contributed by atoms with Crippen LogP contribution in [-0.4, -0.2) is 28.2 Å². The van der Waals surface area contributed by atoms with E-state index in [-0.39, 0.29) is 5.38 Å². The highest BCUT2D eigenvalue weighted by Crippen LogP contribution is 2.09. The van der Waals surface area contributed by atoms with Gasteiger partial charge in [-0.1, -0.05) is 13.8 Å². The second-order valence-electron chi connectivity index (χ2n) is 4.63. The minimum Gasteiger partial charge on any atom is -0.315 e. The van der Waals surface area contributed by atoms with Crippen LogP contribution in [-0.2, 0) is 13.5 Å². The van der Waals surface area contributed by atoms with Gasteiger partial charge >= 0.3 is 0 Å². The molecule has 4 heteroatoms. The lowest BCUT2D eigenvalue weighted by molar-refractivity contribution is 0.532. The third-order valence-corrected chi connectivity index (χ3v) is 2.91.